The van der Waals surface area contributed by atoms with E-state index >= 15 is 0 Å². The van der Waals surface area contributed by atoms with E-state index in [1.165, 1.54) is 12.1 Å². The molecule has 0 amide bonds. The molecule has 0 saturated carbocycles. The Morgan fingerprint density at radius 2 is 1.57 bits per heavy atom. The van der Waals surface area contributed by atoms with Crippen LogP contribution in [0.4, 0.5) is 0 Å². The Bertz CT molecular complexity index is 646. The highest BCUT2D eigenvalue weighted by atomic mass is 35.5. The van der Waals surface area contributed by atoms with Crippen molar-refractivity contribution in [2.75, 3.05) is 0 Å². The summed E-state index contributed by atoms with van der Waals surface area (Å²) < 4.78 is 0. The Kier molecular flexibility index (Phi) is 4.99. The second-order valence-corrected chi connectivity index (χ2v) is 5.86. The van der Waals surface area contributed by atoms with Crippen molar-refractivity contribution in [3.8, 4) is 11.5 Å². The van der Waals surface area contributed by atoms with Crippen LogP contribution in [0.2, 0.25) is 10.0 Å². The molecule has 0 heterocycles. The SMILES string of the molecule is CC(NC(C)c1ccc(Cl)cc1Cl)c1cc(O)ccc1O. The molecule has 5 heteroatoms. The second kappa shape index (κ2) is 6.56. The average Bonchev–Trinajstić information content (AvgIpc) is 2.41. The zero-order valence-corrected chi connectivity index (χ0v) is 13.3. The van der Waals surface area contributed by atoms with E-state index < -0.39 is 0 Å². The first-order valence-corrected chi connectivity index (χ1v) is 7.37. The van der Waals surface area contributed by atoms with Crippen LogP contribution < -0.4 is 5.32 Å². The Hall–Kier alpha value is -1.42. The maximum atomic E-state index is 9.89. The molecule has 0 radical (unpaired) electrons. The quantitative estimate of drug-likeness (QED) is 0.706. The Morgan fingerprint density at radius 1 is 0.905 bits per heavy atom. The van der Waals surface area contributed by atoms with Crippen LogP contribution >= 0.6 is 23.2 Å². The van der Waals surface area contributed by atoms with E-state index in [-0.39, 0.29) is 23.6 Å². The van der Waals surface area contributed by atoms with Crippen molar-refractivity contribution in [3.05, 3.63) is 57.6 Å². The van der Waals surface area contributed by atoms with Crippen molar-refractivity contribution >= 4 is 23.2 Å². The molecule has 3 nitrogen and oxygen atoms in total. The van der Waals surface area contributed by atoms with Gasteiger partial charge in [-0.05, 0) is 49.7 Å². The summed E-state index contributed by atoms with van der Waals surface area (Å²) >= 11 is 12.1. The molecule has 0 aliphatic rings. The third-order valence-electron chi connectivity index (χ3n) is 3.41. The fraction of sp³-hybridized carbons (Fsp3) is 0.250. The van der Waals surface area contributed by atoms with Crippen molar-refractivity contribution in [3.63, 3.8) is 0 Å². The molecular weight excluding hydrogens is 309 g/mol. The lowest BCUT2D eigenvalue weighted by Gasteiger charge is -2.22. The third kappa shape index (κ3) is 3.82. The van der Waals surface area contributed by atoms with Crippen molar-refractivity contribution in [2.45, 2.75) is 25.9 Å². The number of phenolic OH excluding ortho intramolecular Hbond substituents is 2. The summed E-state index contributed by atoms with van der Waals surface area (Å²) in [5.74, 6) is 0.260. The molecule has 2 unspecified atom stereocenters. The van der Waals surface area contributed by atoms with E-state index in [2.05, 4.69) is 5.32 Å². The zero-order valence-electron chi connectivity index (χ0n) is 11.8. The van der Waals surface area contributed by atoms with Gasteiger partial charge in [-0.25, -0.2) is 0 Å². The van der Waals surface area contributed by atoms with Crippen molar-refractivity contribution in [1.29, 1.82) is 0 Å². The van der Waals surface area contributed by atoms with Gasteiger partial charge in [0.05, 0.1) is 0 Å². The van der Waals surface area contributed by atoms with Gasteiger partial charge in [0.2, 0.25) is 0 Å². The molecule has 3 N–H and O–H groups in total. The Morgan fingerprint density at radius 3 is 2.24 bits per heavy atom. The summed E-state index contributed by atoms with van der Waals surface area (Å²) in [6.07, 6.45) is 0. The number of hydrogen-bond acceptors (Lipinski definition) is 3. The van der Waals surface area contributed by atoms with Crippen molar-refractivity contribution < 1.29 is 10.2 Å². The molecule has 0 saturated heterocycles. The molecule has 0 aliphatic carbocycles. The van der Waals surface area contributed by atoms with Gasteiger partial charge in [-0.1, -0.05) is 29.3 Å². The lowest BCUT2D eigenvalue weighted by Crippen LogP contribution is -2.22. The number of hydrogen-bond donors (Lipinski definition) is 3. The van der Waals surface area contributed by atoms with Crippen LogP contribution in [0.3, 0.4) is 0 Å². The average molecular weight is 326 g/mol. The zero-order chi connectivity index (χ0) is 15.6. The maximum Gasteiger partial charge on any atom is 0.120 e. The van der Waals surface area contributed by atoms with Gasteiger partial charge in [-0.15, -0.1) is 0 Å². The van der Waals surface area contributed by atoms with E-state index in [1.807, 2.05) is 19.9 Å². The van der Waals surface area contributed by atoms with Crippen molar-refractivity contribution in [2.24, 2.45) is 0 Å². The van der Waals surface area contributed by atoms with Gasteiger partial charge >= 0.3 is 0 Å². The molecule has 21 heavy (non-hydrogen) atoms. The topological polar surface area (TPSA) is 52.5 Å². The lowest BCUT2D eigenvalue weighted by atomic mass is 10.0. The van der Waals surface area contributed by atoms with Gasteiger partial charge in [0.1, 0.15) is 11.5 Å². The molecule has 2 aromatic carbocycles. The fourth-order valence-corrected chi connectivity index (χ4v) is 2.87. The summed E-state index contributed by atoms with van der Waals surface area (Å²) in [4.78, 5) is 0. The number of halogens is 2. The number of rotatable bonds is 4. The smallest absolute Gasteiger partial charge is 0.120 e. The molecule has 0 bridgehead atoms. The summed E-state index contributed by atoms with van der Waals surface area (Å²) in [5.41, 5.74) is 1.56. The van der Waals surface area contributed by atoms with E-state index in [1.54, 1.807) is 18.2 Å². The molecule has 2 aromatic rings. The third-order valence-corrected chi connectivity index (χ3v) is 3.97. The Labute approximate surface area is 134 Å². The first-order chi connectivity index (χ1) is 9.88. The number of phenols is 2. The van der Waals surface area contributed by atoms with E-state index in [9.17, 15) is 10.2 Å². The van der Waals surface area contributed by atoms with Crippen LogP contribution in [-0.2, 0) is 0 Å². The van der Waals surface area contributed by atoms with Gasteiger partial charge in [-0.3, -0.25) is 0 Å². The predicted molar refractivity (Wildman–Crippen MR) is 86.2 cm³/mol. The molecule has 2 rings (SSSR count). The maximum absolute atomic E-state index is 9.89. The van der Waals surface area contributed by atoms with Gasteiger partial charge in [0.15, 0.2) is 0 Å². The summed E-state index contributed by atoms with van der Waals surface area (Å²) in [6.45, 7) is 3.89. The van der Waals surface area contributed by atoms with Gasteiger partial charge < -0.3 is 15.5 Å². The largest absolute Gasteiger partial charge is 0.508 e. The molecule has 2 atom stereocenters. The standard InChI is InChI=1S/C16H17Cl2NO2/c1-9(13-5-3-11(17)7-15(13)18)19-10(2)14-8-12(20)4-6-16(14)21/h3-10,19-21H,1-2H3. The fourth-order valence-electron chi connectivity index (χ4n) is 2.30. The monoisotopic (exact) mass is 325 g/mol. The van der Waals surface area contributed by atoms with Gasteiger partial charge in [-0.2, -0.15) is 0 Å². The first kappa shape index (κ1) is 16.0. The molecule has 0 aliphatic heterocycles. The predicted octanol–water partition coefficient (Wildman–Crippen LogP) is 4.82. The van der Waals surface area contributed by atoms with Crippen LogP contribution in [0.15, 0.2) is 36.4 Å². The minimum absolute atomic E-state index is 0.0356. The summed E-state index contributed by atoms with van der Waals surface area (Å²) in [6, 6.07) is 9.64. The van der Waals surface area contributed by atoms with Gasteiger partial charge in [0.25, 0.3) is 0 Å². The lowest BCUT2D eigenvalue weighted by molar-refractivity contribution is 0.429. The number of benzene rings is 2. The second-order valence-electron chi connectivity index (χ2n) is 5.02. The van der Waals surface area contributed by atoms with Crippen LogP contribution in [0, 0.1) is 0 Å². The summed E-state index contributed by atoms with van der Waals surface area (Å²) in [7, 11) is 0. The van der Waals surface area contributed by atoms with Gasteiger partial charge in [0, 0.05) is 27.7 Å². The van der Waals surface area contributed by atoms with E-state index in [0.717, 1.165) is 5.56 Å². The number of nitrogens with one attached hydrogen (secondary N) is 1. The number of aromatic hydroxyl groups is 2. The first-order valence-electron chi connectivity index (χ1n) is 6.61. The van der Waals surface area contributed by atoms with Crippen LogP contribution in [-0.4, -0.2) is 10.2 Å². The molecule has 0 fully saturated rings. The minimum Gasteiger partial charge on any atom is -0.508 e. The minimum atomic E-state index is -0.154. The molecule has 0 spiro atoms. The van der Waals surface area contributed by atoms with Crippen LogP contribution in [0.1, 0.15) is 37.1 Å². The van der Waals surface area contributed by atoms with Crippen LogP contribution in [0.5, 0.6) is 11.5 Å². The van der Waals surface area contributed by atoms with E-state index in [4.69, 9.17) is 23.2 Å². The highest BCUT2D eigenvalue weighted by Crippen LogP contribution is 2.31. The summed E-state index contributed by atoms with van der Waals surface area (Å²) in [5, 5.41) is 23.9. The van der Waals surface area contributed by atoms with Crippen LogP contribution in [0.25, 0.3) is 0 Å². The van der Waals surface area contributed by atoms with E-state index in [0.29, 0.717) is 15.6 Å². The Balaban J connectivity index is 2.18. The normalized spacial score (nSPS) is 13.9. The molecular formula is C16H17Cl2NO2. The highest BCUT2D eigenvalue weighted by molar-refractivity contribution is 6.35. The molecule has 0 aromatic heterocycles. The van der Waals surface area contributed by atoms with Crippen molar-refractivity contribution in [1.82, 2.24) is 5.32 Å². The highest BCUT2D eigenvalue weighted by Gasteiger charge is 2.16. The molecule has 112 valence electrons.